The highest BCUT2D eigenvalue weighted by molar-refractivity contribution is 5.81. The molecule has 3 aromatic rings. The van der Waals surface area contributed by atoms with Gasteiger partial charge in [0.2, 0.25) is 5.95 Å². The Hall–Kier alpha value is -2.86. The van der Waals surface area contributed by atoms with Crippen LogP contribution in [0.25, 0.3) is 16.7 Å². The Labute approximate surface area is 221 Å². The Bertz CT molecular complexity index is 1200. The minimum absolute atomic E-state index is 0.162. The molecule has 1 saturated carbocycles. The number of hydrogen-bond acceptors (Lipinski definition) is 5. The van der Waals surface area contributed by atoms with Gasteiger partial charge in [-0.05, 0) is 75.8 Å². The zero-order valence-corrected chi connectivity index (χ0v) is 22.8. The molecule has 2 aliphatic rings. The standard InChI is InChI=1S/C31H43N5O/c1-5-6-22(3)33-31-32-19-28-29(20-36(30(28)34-31)26-11-13-27(37)14-12-26)25-15-17-35(18-16-25)23(4)24-9-7-21(2)8-10-24/h7-10,19-20,22,25-27,37H,4-6,11-18H2,1-3H3,(H,32,33,34)/t22-,26?,27?/m0/s1. The third-order valence-corrected chi connectivity index (χ3v) is 8.46. The first-order valence-electron chi connectivity index (χ1n) is 14.3. The lowest BCUT2D eigenvalue weighted by Crippen LogP contribution is -2.31. The van der Waals surface area contributed by atoms with E-state index in [0.29, 0.717) is 18.0 Å². The number of nitrogens with one attached hydrogen (secondary N) is 1. The van der Waals surface area contributed by atoms with E-state index in [-0.39, 0.29) is 6.10 Å². The number of hydrogen-bond donors (Lipinski definition) is 2. The summed E-state index contributed by atoms with van der Waals surface area (Å²) in [6.45, 7) is 13.0. The summed E-state index contributed by atoms with van der Waals surface area (Å²) in [6, 6.07) is 9.43. The summed E-state index contributed by atoms with van der Waals surface area (Å²) in [6.07, 6.45) is 12.4. The van der Waals surface area contributed by atoms with Crippen molar-refractivity contribution in [2.45, 2.75) is 96.2 Å². The van der Waals surface area contributed by atoms with Crippen LogP contribution >= 0.6 is 0 Å². The lowest BCUT2D eigenvalue weighted by atomic mass is 9.89. The van der Waals surface area contributed by atoms with Gasteiger partial charge in [0, 0.05) is 48.7 Å². The van der Waals surface area contributed by atoms with Crippen LogP contribution in [-0.2, 0) is 0 Å². The van der Waals surface area contributed by atoms with E-state index in [1.54, 1.807) is 0 Å². The Kier molecular flexibility index (Phi) is 7.84. The number of nitrogens with zero attached hydrogens (tertiary/aromatic N) is 4. The lowest BCUT2D eigenvalue weighted by molar-refractivity contribution is 0.111. The fourth-order valence-corrected chi connectivity index (χ4v) is 6.18. The molecule has 5 rings (SSSR count). The maximum absolute atomic E-state index is 10.1. The fourth-order valence-electron chi connectivity index (χ4n) is 6.18. The fraction of sp³-hybridized carbons (Fsp3) is 0.548. The van der Waals surface area contributed by atoms with Crippen LogP contribution in [0.1, 0.15) is 93.9 Å². The average molecular weight is 502 g/mol. The molecule has 0 unspecified atom stereocenters. The third kappa shape index (κ3) is 5.69. The molecule has 0 radical (unpaired) electrons. The van der Waals surface area contributed by atoms with Gasteiger partial charge >= 0.3 is 0 Å². The first kappa shape index (κ1) is 25.8. The molecule has 0 spiro atoms. The van der Waals surface area contributed by atoms with Crippen LogP contribution in [0.15, 0.2) is 43.2 Å². The molecule has 1 saturated heterocycles. The number of aryl methyl sites for hydroxylation is 1. The quantitative estimate of drug-likeness (QED) is 0.361. The highest BCUT2D eigenvalue weighted by Gasteiger charge is 2.28. The monoisotopic (exact) mass is 501 g/mol. The molecule has 0 bridgehead atoms. The first-order valence-corrected chi connectivity index (χ1v) is 14.3. The number of aliphatic hydroxyl groups excluding tert-OH is 1. The van der Waals surface area contributed by atoms with Gasteiger partial charge in [-0.3, -0.25) is 0 Å². The molecule has 1 aromatic carbocycles. The number of anilines is 1. The van der Waals surface area contributed by atoms with Gasteiger partial charge in [0.1, 0.15) is 5.65 Å². The second-order valence-electron chi connectivity index (χ2n) is 11.3. The Morgan fingerprint density at radius 1 is 1.11 bits per heavy atom. The minimum atomic E-state index is -0.162. The van der Waals surface area contributed by atoms with Crippen molar-refractivity contribution in [3.63, 3.8) is 0 Å². The summed E-state index contributed by atoms with van der Waals surface area (Å²) in [4.78, 5) is 12.2. The van der Waals surface area contributed by atoms with Gasteiger partial charge in [0.05, 0.1) is 6.10 Å². The van der Waals surface area contributed by atoms with Crippen LogP contribution in [0.4, 0.5) is 5.95 Å². The van der Waals surface area contributed by atoms with Crippen molar-refractivity contribution < 1.29 is 5.11 Å². The van der Waals surface area contributed by atoms with Crippen molar-refractivity contribution in [1.29, 1.82) is 0 Å². The topological polar surface area (TPSA) is 66.2 Å². The molecule has 2 aromatic heterocycles. The number of fused-ring (bicyclic) bond motifs is 1. The van der Waals surface area contributed by atoms with Crippen molar-refractivity contribution in [2.24, 2.45) is 0 Å². The van der Waals surface area contributed by atoms with Gasteiger partial charge in [-0.1, -0.05) is 49.8 Å². The molecule has 2 N–H and O–H groups in total. The van der Waals surface area contributed by atoms with Crippen molar-refractivity contribution in [1.82, 2.24) is 19.4 Å². The zero-order chi connectivity index (χ0) is 25.9. The van der Waals surface area contributed by atoms with Crippen LogP contribution in [0.3, 0.4) is 0 Å². The summed E-state index contributed by atoms with van der Waals surface area (Å²) in [5, 5.41) is 14.8. The zero-order valence-electron chi connectivity index (χ0n) is 22.8. The highest BCUT2D eigenvalue weighted by Crippen LogP contribution is 2.39. The maximum atomic E-state index is 10.1. The van der Waals surface area contributed by atoms with E-state index >= 15 is 0 Å². The smallest absolute Gasteiger partial charge is 0.224 e. The van der Waals surface area contributed by atoms with Crippen LogP contribution in [0.2, 0.25) is 0 Å². The van der Waals surface area contributed by atoms with Crippen molar-refractivity contribution in [2.75, 3.05) is 18.4 Å². The third-order valence-electron chi connectivity index (χ3n) is 8.46. The van der Waals surface area contributed by atoms with E-state index in [1.807, 2.05) is 6.20 Å². The average Bonchev–Trinajstić information content (AvgIpc) is 3.28. The molecule has 6 nitrogen and oxygen atoms in total. The highest BCUT2D eigenvalue weighted by atomic mass is 16.3. The van der Waals surface area contributed by atoms with Crippen molar-refractivity contribution in [3.8, 4) is 0 Å². The van der Waals surface area contributed by atoms with E-state index in [1.165, 1.54) is 22.1 Å². The Balaban J connectivity index is 1.38. The van der Waals surface area contributed by atoms with Crippen LogP contribution in [-0.4, -0.2) is 49.8 Å². The summed E-state index contributed by atoms with van der Waals surface area (Å²) in [5.41, 5.74) is 6.05. The van der Waals surface area contributed by atoms with E-state index in [9.17, 15) is 5.11 Å². The molecule has 3 heterocycles. The normalized spacial score (nSPS) is 21.8. The molecule has 1 aliphatic carbocycles. The predicted octanol–water partition coefficient (Wildman–Crippen LogP) is 6.67. The molecular formula is C31H43N5O. The van der Waals surface area contributed by atoms with Crippen molar-refractivity contribution in [3.05, 3.63) is 59.9 Å². The molecular weight excluding hydrogens is 458 g/mol. The van der Waals surface area contributed by atoms with Gasteiger partial charge in [-0.15, -0.1) is 0 Å². The van der Waals surface area contributed by atoms with E-state index in [0.717, 1.165) is 81.7 Å². The molecule has 1 atom stereocenters. The molecule has 37 heavy (non-hydrogen) atoms. The summed E-state index contributed by atoms with van der Waals surface area (Å²) in [5.74, 6) is 1.21. The van der Waals surface area contributed by atoms with E-state index < -0.39 is 0 Å². The lowest BCUT2D eigenvalue weighted by Gasteiger charge is -2.35. The van der Waals surface area contributed by atoms with Gasteiger partial charge in [0.15, 0.2) is 0 Å². The molecule has 198 valence electrons. The Morgan fingerprint density at radius 2 is 1.81 bits per heavy atom. The Morgan fingerprint density at radius 3 is 2.49 bits per heavy atom. The SMILES string of the molecule is C=C(c1ccc(C)cc1)N1CCC(c2cn(C3CCC(O)CC3)c3nc(N[C@@H](C)CCC)ncc23)CC1. The summed E-state index contributed by atoms with van der Waals surface area (Å²) in [7, 11) is 0. The summed E-state index contributed by atoms with van der Waals surface area (Å²) < 4.78 is 2.41. The first-order chi connectivity index (χ1) is 17.9. The van der Waals surface area contributed by atoms with Crippen molar-refractivity contribution >= 4 is 22.7 Å². The van der Waals surface area contributed by atoms with E-state index in [4.69, 9.17) is 9.97 Å². The molecule has 6 heteroatoms. The second kappa shape index (κ2) is 11.3. The number of piperidine rings is 1. The largest absolute Gasteiger partial charge is 0.393 e. The maximum Gasteiger partial charge on any atom is 0.224 e. The number of likely N-dealkylation sites (tertiary alicyclic amines) is 1. The minimum Gasteiger partial charge on any atom is -0.393 e. The molecule has 0 amide bonds. The van der Waals surface area contributed by atoms with Gasteiger partial charge < -0.3 is 19.9 Å². The van der Waals surface area contributed by atoms with Crippen LogP contribution in [0.5, 0.6) is 0 Å². The van der Waals surface area contributed by atoms with Gasteiger partial charge in [-0.2, -0.15) is 4.98 Å². The number of benzene rings is 1. The molecule has 1 aliphatic heterocycles. The molecule has 2 fully saturated rings. The van der Waals surface area contributed by atoms with Gasteiger partial charge in [-0.25, -0.2) is 4.98 Å². The van der Waals surface area contributed by atoms with Crippen LogP contribution in [0, 0.1) is 6.92 Å². The van der Waals surface area contributed by atoms with E-state index in [2.05, 4.69) is 72.6 Å². The predicted molar refractivity (Wildman–Crippen MR) is 153 cm³/mol. The number of aromatic nitrogens is 3. The summed E-state index contributed by atoms with van der Waals surface area (Å²) >= 11 is 0. The van der Waals surface area contributed by atoms with Gasteiger partial charge in [0.25, 0.3) is 0 Å². The number of aliphatic hydroxyl groups is 1. The van der Waals surface area contributed by atoms with Crippen LogP contribution < -0.4 is 5.32 Å². The second-order valence-corrected chi connectivity index (χ2v) is 11.3. The number of rotatable bonds is 8.